The number of morpholine rings is 1. The molecule has 2 aliphatic rings. The lowest BCUT2D eigenvalue weighted by molar-refractivity contribution is 0.0322. The minimum atomic E-state index is -0.772. The van der Waals surface area contributed by atoms with Crippen molar-refractivity contribution in [2.24, 2.45) is 0 Å². The maximum Gasteiger partial charge on any atom is 0.321 e. The summed E-state index contributed by atoms with van der Waals surface area (Å²) in [6.45, 7) is 5.29. The maximum atomic E-state index is 12.9. The predicted octanol–water partition coefficient (Wildman–Crippen LogP) is 2.06. The number of hydrogen-bond donors (Lipinski definition) is 3. The summed E-state index contributed by atoms with van der Waals surface area (Å²) in [7, 11) is 0. The number of aliphatic hydroxyl groups excluding tert-OH is 1. The molecule has 10 heteroatoms. The van der Waals surface area contributed by atoms with E-state index < -0.39 is 12.1 Å². The van der Waals surface area contributed by atoms with Crippen molar-refractivity contribution in [3.63, 3.8) is 0 Å². The molecule has 10 nitrogen and oxygen atoms in total. The summed E-state index contributed by atoms with van der Waals surface area (Å²) in [4.78, 5) is 29.6. The standard InChI is InChI=1S/C27H33N5O5/c28-18-20-3-1-4-22(17-20)29-27(35)32-10-2-5-25(33)24(19-32)30-26(34)21-6-8-23(9-7-21)37-16-13-31-11-14-36-15-12-31/h1,3-4,6-9,17,24-25,33H,2,5,10-16,19H2,(H,29,35)(H,30,34)/t24-,25-/m1/s1. The molecule has 2 heterocycles. The van der Waals surface area contributed by atoms with E-state index in [0.29, 0.717) is 48.6 Å². The Morgan fingerprint density at radius 1 is 1.14 bits per heavy atom. The molecule has 37 heavy (non-hydrogen) atoms. The van der Waals surface area contributed by atoms with Crippen LogP contribution in [0.15, 0.2) is 48.5 Å². The van der Waals surface area contributed by atoms with Crippen molar-refractivity contribution in [1.29, 1.82) is 5.26 Å². The second-order valence-corrected chi connectivity index (χ2v) is 9.19. The molecule has 0 aromatic heterocycles. The van der Waals surface area contributed by atoms with Crippen LogP contribution in [0, 0.1) is 11.3 Å². The second-order valence-electron chi connectivity index (χ2n) is 9.19. The van der Waals surface area contributed by atoms with E-state index >= 15 is 0 Å². The molecular weight excluding hydrogens is 474 g/mol. The van der Waals surface area contributed by atoms with Gasteiger partial charge in [0.2, 0.25) is 0 Å². The largest absolute Gasteiger partial charge is 0.492 e. The molecule has 3 N–H and O–H groups in total. The number of carbonyl (C=O) groups excluding carboxylic acids is 2. The van der Waals surface area contributed by atoms with Gasteiger partial charge < -0.3 is 30.1 Å². The number of benzene rings is 2. The van der Waals surface area contributed by atoms with Gasteiger partial charge in [-0.25, -0.2) is 4.79 Å². The lowest BCUT2D eigenvalue weighted by atomic mass is 10.1. The molecule has 0 unspecified atom stereocenters. The number of nitrogens with zero attached hydrogens (tertiary/aromatic N) is 3. The number of hydrogen-bond acceptors (Lipinski definition) is 7. The zero-order valence-electron chi connectivity index (χ0n) is 20.8. The first-order chi connectivity index (χ1) is 18.0. The average Bonchev–Trinajstić information content (AvgIpc) is 3.11. The highest BCUT2D eigenvalue weighted by molar-refractivity contribution is 5.94. The molecule has 0 radical (unpaired) electrons. The molecule has 0 aliphatic carbocycles. The summed E-state index contributed by atoms with van der Waals surface area (Å²) < 4.78 is 11.2. The number of nitriles is 1. The fourth-order valence-corrected chi connectivity index (χ4v) is 4.41. The van der Waals surface area contributed by atoms with Crippen molar-refractivity contribution in [2.75, 3.05) is 57.9 Å². The van der Waals surface area contributed by atoms with Gasteiger partial charge >= 0.3 is 6.03 Å². The van der Waals surface area contributed by atoms with E-state index in [1.54, 1.807) is 53.4 Å². The Hall–Kier alpha value is -3.65. The van der Waals surface area contributed by atoms with Crippen molar-refractivity contribution in [1.82, 2.24) is 15.1 Å². The van der Waals surface area contributed by atoms with Crippen LogP contribution in [0.3, 0.4) is 0 Å². The van der Waals surface area contributed by atoms with E-state index in [4.69, 9.17) is 14.7 Å². The van der Waals surface area contributed by atoms with E-state index in [0.717, 1.165) is 32.8 Å². The number of ether oxygens (including phenoxy) is 2. The Morgan fingerprint density at radius 3 is 2.68 bits per heavy atom. The fraction of sp³-hybridized carbons (Fsp3) is 0.444. The number of carbonyl (C=O) groups is 2. The van der Waals surface area contributed by atoms with Crippen molar-refractivity contribution in [3.8, 4) is 11.8 Å². The van der Waals surface area contributed by atoms with Crippen LogP contribution in [0.25, 0.3) is 0 Å². The van der Waals surface area contributed by atoms with E-state index in [1.807, 2.05) is 6.07 Å². The molecule has 196 valence electrons. The number of urea groups is 1. The summed E-state index contributed by atoms with van der Waals surface area (Å²) in [5.74, 6) is 0.357. The van der Waals surface area contributed by atoms with Crippen LogP contribution < -0.4 is 15.4 Å². The zero-order valence-corrected chi connectivity index (χ0v) is 20.8. The Labute approximate surface area is 216 Å². The third-order valence-electron chi connectivity index (χ3n) is 6.55. The average molecular weight is 508 g/mol. The predicted molar refractivity (Wildman–Crippen MR) is 137 cm³/mol. The number of nitrogens with one attached hydrogen (secondary N) is 2. The highest BCUT2D eigenvalue weighted by Gasteiger charge is 2.29. The van der Waals surface area contributed by atoms with Gasteiger partial charge in [-0.05, 0) is 55.3 Å². The molecule has 4 rings (SSSR count). The fourth-order valence-electron chi connectivity index (χ4n) is 4.41. The number of aliphatic hydroxyl groups is 1. The maximum absolute atomic E-state index is 12.9. The van der Waals surface area contributed by atoms with E-state index in [2.05, 4.69) is 15.5 Å². The van der Waals surface area contributed by atoms with Gasteiger partial charge in [0.15, 0.2) is 0 Å². The highest BCUT2D eigenvalue weighted by Crippen LogP contribution is 2.17. The SMILES string of the molecule is N#Cc1cccc(NC(=O)N2CCC[C@@H](O)[C@H](NC(=O)c3ccc(OCCN4CCOCC4)cc3)C2)c1. The van der Waals surface area contributed by atoms with E-state index in [9.17, 15) is 14.7 Å². The monoisotopic (exact) mass is 507 g/mol. The Bertz CT molecular complexity index is 1100. The molecule has 2 aromatic rings. The van der Waals surface area contributed by atoms with Gasteiger partial charge in [-0.2, -0.15) is 5.26 Å². The topological polar surface area (TPSA) is 127 Å². The third kappa shape index (κ3) is 7.67. The Morgan fingerprint density at radius 2 is 1.92 bits per heavy atom. The van der Waals surface area contributed by atoms with Crippen LogP contribution in [0.2, 0.25) is 0 Å². The molecule has 0 bridgehead atoms. The van der Waals surface area contributed by atoms with Crippen LogP contribution >= 0.6 is 0 Å². The van der Waals surface area contributed by atoms with Crippen molar-refractivity contribution >= 4 is 17.6 Å². The van der Waals surface area contributed by atoms with Gasteiger partial charge in [-0.1, -0.05) is 6.07 Å². The smallest absolute Gasteiger partial charge is 0.321 e. The molecule has 2 saturated heterocycles. The minimum Gasteiger partial charge on any atom is -0.492 e. The van der Waals surface area contributed by atoms with Crippen molar-refractivity contribution in [3.05, 3.63) is 59.7 Å². The summed E-state index contributed by atoms with van der Waals surface area (Å²) in [6.07, 6.45) is 0.302. The quantitative estimate of drug-likeness (QED) is 0.524. The summed E-state index contributed by atoms with van der Waals surface area (Å²) >= 11 is 0. The zero-order chi connectivity index (χ0) is 26.0. The van der Waals surface area contributed by atoms with Crippen molar-refractivity contribution in [2.45, 2.75) is 25.0 Å². The lowest BCUT2D eigenvalue weighted by Gasteiger charge is -2.27. The van der Waals surface area contributed by atoms with Gasteiger partial charge in [0.05, 0.1) is 37.0 Å². The molecule has 0 spiro atoms. The first-order valence-electron chi connectivity index (χ1n) is 12.6. The van der Waals surface area contributed by atoms with Crippen LogP contribution in [-0.2, 0) is 4.74 Å². The van der Waals surface area contributed by atoms with E-state index in [1.165, 1.54) is 0 Å². The molecular formula is C27H33N5O5. The lowest BCUT2D eigenvalue weighted by Crippen LogP contribution is -2.50. The molecule has 2 aliphatic heterocycles. The van der Waals surface area contributed by atoms with E-state index in [-0.39, 0.29) is 18.5 Å². The Kier molecular flexibility index (Phi) is 9.32. The number of anilines is 1. The summed E-state index contributed by atoms with van der Waals surface area (Å²) in [5.41, 5.74) is 1.41. The first-order valence-corrected chi connectivity index (χ1v) is 12.6. The molecule has 2 atom stereocenters. The van der Waals surface area contributed by atoms with Gasteiger partial charge in [-0.15, -0.1) is 0 Å². The van der Waals surface area contributed by atoms with Gasteiger partial charge in [0.25, 0.3) is 5.91 Å². The Balaban J connectivity index is 1.29. The summed E-state index contributed by atoms with van der Waals surface area (Å²) in [5, 5.41) is 25.4. The van der Waals surface area contributed by atoms with Crippen LogP contribution in [0.4, 0.5) is 10.5 Å². The normalized spacial score (nSPS) is 20.4. The van der Waals surface area contributed by atoms with Gasteiger partial charge in [0, 0.05) is 44.0 Å². The second kappa shape index (κ2) is 13.1. The summed E-state index contributed by atoms with van der Waals surface area (Å²) in [6, 6.07) is 14.6. The number of amides is 3. The number of likely N-dealkylation sites (tertiary alicyclic amines) is 1. The molecule has 2 aromatic carbocycles. The number of rotatable bonds is 7. The third-order valence-corrected chi connectivity index (χ3v) is 6.55. The van der Waals surface area contributed by atoms with Crippen LogP contribution in [0.5, 0.6) is 5.75 Å². The highest BCUT2D eigenvalue weighted by atomic mass is 16.5. The van der Waals surface area contributed by atoms with Crippen molar-refractivity contribution < 1.29 is 24.2 Å². The van der Waals surface area contributed by atoms with Crippen LogP contribution in [0.1, 0.15) is 28.8 Å². The first kappa shape index (κ1) is 26.4. The van der Waals surface area contributed by atoms with Gasteiger partial charge in [0.1, 0.15) is 12.4 Å². The molecule has 2 fully saturated rings. The van der Waals surface area contributed by atoms with Gasteiger partial charge in [-0.3, -0.25) is 9.69 Å². The van der Waals surface area contributed by atoms with Crippen LogP contribution in [-0.4, -0.2) is 91.5 Å². The molecule has 3 amide bonds. The molecule has 0 saturated carbocycles. The minimum absolute atomic E-state index is 0.166.